The second-order valence-corrected chi connectivity index (χ2v) is 6.00. The van der Waals surface area contributed by atoms with Crippen LogP contribution in [0.3, 0.4) is 0 Å². The van der Waals surface area contributed by atoms with E-state index in [1.165, 1.54) is 12.1 Å². The fourth-order valence-corrected chi connectivity index (χ4v) is 2.67. The van der Waals surface area contributed by atoms with Gasteiger partial charge in [0, 0.05) is 24.8 Å². The molecular formula is C18H28F2IN3O2. The molecule has 1 saturated heterocycles. The molecule has 0 spiro atoms. The molecule has 0 amide bonds. The first-order valence-electron chi connectivity index (χ1n) is 8.79. The van der Waals surface area contributed by atoms with Crippen LogP contribution in [0.5, 0.6) is 0 Å². The summed E-state index contributed by atoms with van der Waals surface area (Å²) in [5, 5.41) is 6.23. The van der Waals surface area contributed by atoms with E-state index in [1.807, 2.05) is 6.92 Å². The van der Waals surface area contributed by atoms with Crippen LogP contribution in [0.1, 0.15) is 38.3 Å². The van der Waals surface area contributed by atoms with E-state index in [0.717, 1.165) is 25.5 Å². The third kappa shape index (κ3) is 7.71. The van der Waals surface area contributed by atoms with Gasteiger partial charge < -0.3 is 20.1 Å². The largest absolute Gasteiger partial charge is 0.377 e. The van der Waals surface area contributed by atoms with Crippen LogP contribution >= 0.6 is 24.0 Å². The first-order valence-corrected chi connectivity index (χ1v) is 8.79. The Bertz CT molecular complexity index is 569. The summed E-state index contributed by atoms with van der Waals surface area (Å²) in [5.41, 5.74) is 0.390. The molecule has 1 aromatic carbocycles. The molecule has 148 valence electrons. The van der Waals surface area contributed by atoms with Crippen LogP contribution in [0.25, 0.3) is 0 Å². The van der Waals surface area contributed by atoms with Gasteiger partial charge in [0.2, 0.25) is 0 Å². The van der Waals surface area contributed by atoms with Crippen LogP contribution in [0.2, 0.25) is 0 Å². The first-order chi connectivity index (χ1) is 12.1. The van der Waals surface area contributed by atoms with Crippen molar-refractivity contribution >= 4 is 29.9 Å². The zero-order valence-corrected chi connectivity index (χ0v) is 17.6. The zero-order valence-electron chi connectivity index (χ0n) is 15.3. The maximum absolute atomic E-state index is 13.9. The predicted molar refractivity (Wildman–Crippen MR) is 109 cm³/mol. The lowest BCUT2D eigenvalue weighted by Gasteiger charge is -2.19. The predicted octanol–water partition coefficient (Wildman–Crippen LogP) is 3.39. The molecule has 5 nitrogen and oxygen atoms in total. The second kappa shape index (κ2) is 12.4. The molecule has 1 aromatic rings. The molecule has 0 radical (unpaired) electrons. The summed E-state index contributed by atoms with van der Waals surface area (Å²) < 4.78 is 38.0. The summed E-state index contributed by atoms with van der Waals surface area (Å²) >= 11 is 0. The highest BCUT2D eigenvalue weighted by atomic mass is 127. The van der Waals surface area contributed by atoms with E-state index in [9.17, 15) is 8.78 Å². The Morgan fingerprint density at radius 1 is 1.42 bits per heavy atom. The minimum absolute atomic E-state index is 0. The Balaban J connectivity index is 0.00000338. The van der Waals surface area contributed by atoms with Gasteiger partial charge in [-0.1, -0.05) is 6.07 Å². The number of hydrogen-bond donors (Lipinski definition) is 2. The highest BCUT2D eigenvalue weighted by Gasteiger charge is 2.15. The van der Waals surface area contributed by atoms with Gasteiger partial charge in [-0.2, -0.15) is 0 Å². The minimum Gasteiger partial charge on any atom is -0.377 e. The molecule has 1 aliphatic heterocycles. The summed E-state index contributed by atoms with van der Waals surface area (Å²) in [6.07, 6.45) is 2.35. The number of nitrogens with zero attached hydrogens (tertiary/aromatic N) is 1. The average molecular weight is 483 g/mol. The van der Waals surface area contributed by atoms with Gasteiger partial charge in [-0.25, -0.2) is 8.78 Å². The molecule has 2 atom stereocenters. The third-order valence-electron chi connectivity index (χ3n) is 3.96. The van der Waals surface area contributed by atoms with Crippen LogP contribution in [-0.4, -0.2) is 45.0 Å². The van der Waals surface area contributed by atoms with Gasteiger partial charge in [0.05, 0.1) is 31.9 Å². The van der Waals surface area contributed by atoms with Gasteiger partial charge in [-0.05, 0) is 32.8 Å². The van der Waals surface area contributed by atoms with Gasteiger partial charge in [0.25, 0.3) is 0 Å². The lowest BCUT2D eigenvalue weighted by Crippen LogP contribution is -2.39. The number of aliphatic imine (C=N–C) groups is 1. The molecule has 0 aliphatic carbocycles. The summed E-state index contributed by atoms with van der Waals surface area (Å²) in [4.78, 5) is 4.42. The SMILES string of the molecule is CCNC(=NCCOCC1CCCO1)NC(C)c1ccc(F)cc1F.I. The van der Waals surface area contributed by atoms with Gasteiger partial charge in [0.1, 0.15) is 11.6 Å². The van der Waals surface area contributed by atoms with Crippen LogP contribution in [-0.2, 0) is 9.47 Å². The highest BCUT2D eigenvalue weighted by molar-refractivity contribution is 14.0. The summed E-state index contributed by atoms with van der Waals surface area (Å²) in [6.45, 7) is 6.83. The van der Waals surface area contributed by atoms with Crippen molar-refractivity contribution in [1.82, 2.24) is 10.6 Å². The summed E-state index contributed by atoms with van der Waals surface area (Å²) in [7, 11) is 0. The number of ether oxygens (including phenoxy) is 2. The standard InChI is InChI=1S/C18H27F2N3O2.HI/c1-3-21-18(22-8-10-24-12-15-5-4-9-25-15)23-13(2)16-7-6-14(19)11-17(16)20;/h6-7,11,13,15H,3-5,8-10,12H2,1-2H3,(H2,21,22,23);1H. The van der Waals surface area contributed by atoms with E-state index in [2.05, 4.69) is 15.6 Å². The molecule has 1 fully saturated rings. The van der Waals surface area contributed by atoms with Crippen molar-refractivity contribution < 1.29 is 18.3 Å². The smallest absolute Gasteiger partial charge is 0.191 e. The second-order valence-electron chi connectivity index (χ2n) is 6.00. The number of halogens is 3. The van der Waals surface area contributed by atoms with E-state index in [0.29, 0.717) is 37.8 Å². The first kappa shape index (κ1) is 23.0. The fourth-order valence-electron chi connectivity index (χ4n) is 2.67. The van der Waals surface area contributed by atoms with Crippen molar-refractivity contribution in [2.45, 2.75) is 38.8 Å². The van der Waals surface area contributed by atoms with Crippen molar-refractivity contribution in [1.29, 1.82) is 0 Å². The molecular weight excluding hydrogens is 455 g/mol. The quantitative estimate of drug-likeness (QED) is 0.258. The van der Waals surface area contributed by atoms with Crippen molar-refractivity contribution in [3.05, 3.63) is 35.4 Å². The Morgan fingerprint density at radius 2 is 2.23 bits per heavy atom. The Kier molecular flexibility index (Phi) is 11.0. The monoisotopic (exact) mass is 483 g/mol. The van der Waals surface area contributed by atoms with E-state index in [-0.39, 0.29) is 36.1 Å². The topological polar surface area (TPSA) is 54.9 Å². The summed E-state index contributed by atoms with van der Waals surface area (Å²) in [5.74, 6) is -0.590. The van der Waals surface area contributed by atoms with E-state index in [1.54, 1.807) is 6.92 Å². The van der Waals surface area contributed by atoms with Crippen molar-refractivity contribution in [2.24, 2.45) is 4.99 Å². The number of nitrogens with one attached hydrogen (secondary N) is 2. The lowest BCUT2D eigenvalue weighted by atomic mass is 10.1. The number of benzene rings is 1. The molecule has 1 heterocycles. The maximum Gasteiger partial charge on any atom is 0.191 e. The molecule has 0 bridgehead atoms. The van der Waals surface area contributed by atoms with Gasteiger partial charge in [-0.15, -0.1) is 24.0 Å². The molecule has 0 saturated carbocycles. The minimum atomic E-state index is -0.586. The average Bonchev–Trinajstić information content (AvgIpc) is 3.07. The van der Waals surface area contributed by atoms with E-state index < -0.39 is 11.6 Å². The van der Waals surface area contributed by atoms with Crippen LogP contribution in [0.15, 0.2) is 23.2 Å². The molecule has 8 heteroatoms. The van der Waals surface area contributed by atoms with Crippen molar-refractivity contribution in [3.63, 3.8) is 0 Å². The van der Waals surface area contributed by atoms with Crippen LogP contribution in [0.4, 0.5) is 8.78 Å². The van der Waals surface area contributed by atoms with E-state index >= 15 is 0 Å². The number of rotatable bonds is 8. The van der Waals surface area contributed by atoms with Crippen molar-refractivity contribution in [2.75, 3.05) is 32.9 Å². The van der Waals surface area contributed by atoms with E-state index in [4.69, 9.17) is 9.47 Å². The Labute approximate surface area is 171 Å². The lowest BCUT2D eigenvalue weighted by molar-refractivity contribution is 0.0200. The number of hydrogen-bond acceptors (Lipinski definition) is 3. The molecule has 2 rings (SSSR count). The molecule has 2 N–H and O–H groups in total. The molecule has 26 heavy (non-hydrogen) atoms. The Morgan fingerprint density at radius 3 is 2.88 bits per heavy atom. The Hall–Kier alpha value is -1.00. The van der Waals surface area contributed by atoms with Crippen LogP contribution < -0.4 is 10.6 Å². The molecule has 0 aromatic heterocycles. The fraction of sp³-hybridized carbons (Fsp3) is 0.611. The normalized spacial score (nSPS) is 18.3. The van der Waals surface area contributed by atoms with Gasteiger partial charge >= 0.3 is 0 Å². The number of guanidine groups is 1. The summed E-state index contributed by atoms with van der Waals surface area (Å²) in [6, 6.07) is 3.23. The molecule has 2 unspecified atom stereocenters. The van der Waals surface area contributed by atoms with Crippen molar-refractivity contribution in [3.8, 4) is 0 Å². The van der Waals surface area contributed by atoms with Crippen LogP contribution in [0, 0.1) is 11.6 Å². The van der Waals surface area contributed by atoms with Gasteiger partial charge in [-0.3, -0.25) is 4.99 Å². The highest BCUT2D eigenvalue weighted by Crippen LogP contribution is 2.17. The van der Waals surface area contributed by atoms with Gasteiger partial charge in [0.15, 0.2) is 5.96 Å². The third-order valence-corrected chi connectivity index (χ3v) is 3.96. The molecule has 1 aliphatic rings. The zero-order chi connectivity index (χ0) is 18.1. The maximum atomic E-state index is 13.9.